The van der Waals surface area contributed by atoms with Gasteiger partial charge in [-0.25, -0.2) is 4.98 Å². The van der Waals surface area contributed by atoms with E-state index in [2.05, 4.69) is 9.97 Å². The fraction of sp³-hybridized carbons (Fsp3) is 0.0833. The molecule has 0 aliphatic carbocycles. The number of hydrogen-bond donors (Lipinski definition) is 1. The quantitative estimate of drug-likeness (QED) is 0.652. The molecule has 15 heavy (non-hydrogen) atoms. The van der Waals surface area contributed by atoms with Gasteiger partial charge in [-0.1, -0.05) is 18.2 Å². The number of nitrogens with one attached hydrogen (secondary N) is 1. The summed E-state index contributed by atoms with van der Waals surface area (Å²) >= 11 is 0. The predicted octanol–water partition coefficient (Wildman–Crippen LogP) is 3.13. The lowest BCUT2D eigenvalue weighted by atomic mass is 10.2. The normalized spacial score (nSPS) is 11.0. The monoisotopic (exact) mass is 198 g/mol. The van der Waals surface area contributed by atoms with Crippen molar-refractivity contribution in [3.63, 3.8) is 0 Å². The van der Waals surface area contributed by atoms with E-state index in [1.165, 1.54) is 0 Å². The molecule has 3 rings (SSSR count). The number of fused-ring (bicyclic) bond motifs is 1. The maximum atomic E-state index is 5.67. The largest absolute Gasteiger partial charge is 0.453 e. The third-order valence-electron chi connectivity index (χ3n) is 2.36. The van der Waals surface area contributed by atoms with Crippen LogP contribution in [0.1, 0.15) is 5.69 Å². The molecule has 0 saturated heterocycles. The fourth-order valence-electron chi connectivity index (χ4n) is 1.64. The first-order chi connectivity index (χ1) is 7.33. The van der Waals surface area contributed by atoms with Gasteiger partial charge in [0.2, 0.25) is 0 Å². The number of H-pyrrole nitrogens is 1. The van der Waals surface area contributed by atoms with Gasteiger partial charge in [0.25, 0.3) is 0 Å². The summed E-state index contributed by atoms with van der Waals surface area (Å²) in [6.07, 6.45) is 1.79. The SMILES string of the molecule is Cc1cnc(-c2cc3ccccc3o2)[nH]1. The number of furan rings is 1. The van der Waals surface area contributed by atoms with Gasteiger partial charge in [0.1, 0.15) is 5.58 Å². The first-order valence-corrected chi connectivity index (χ1v) is 4.83. The van der Waals surface area contributed by atoms with Gasteiger partial charge in [0, 0.05) is 17.3 Å². The molecule has 3 heteroatoms. The van der Waals surface area contributed by atoms with E-state index in [0.29, 0.717) is 0 Å². The van der Waals surface area contributed by atoms with E-state index in [9.17, 15) is 0 Å². The zero-order valence-electron chi connectivity index (χ0n) is 8.32. The van der Waals surface area contributed by atoms with Crippen LogP contribution in [0.2, 0.25) is 0 Å². The van der Waals surface area contributed by atoms with Crippen LogP contribution in [0.15, 0.2) is 40.9 Å². The lowest BCUT2D eigenvalue weighted by Crippen LogP contribution is -1.75. The Morgan fingerprint density at radius 1 is 1.27 bits per heavy atom. The van der Waals surface area contributed by atoms with Gasteiger partial charge < -0.3 is 9.40 Å². The summed E-state index contributed by atoms with van der Waals surface area (Å²) < 4.78 is 5.67. The van der Waals surface area contributed by atoms with Crippen molar-refractivity contribution in [2.24, 2.45) is 0 Å². The second-order valence-corrected chi connectivity index (χ2v) is 3.56. The average Bonchev–Trinajstić information content (AvgIpc) is 2.82. The second kappa shape index (κ2) is 2.98. The van der Waals surface area contributed by atoms with Crippen molar-refractivity contribution >= 4 is 11.0 Å². The van der Waals surface area contributed by atoms with Crippen molar-refractivity contribution in [1.29, 1.82) is 0 Å². The van der Waals surface area contributed by atoms with E-state index < -0.39 is 0 Å². The van der Waals surface area contributed by atoms with E-state index >= 15 is 0 Å². The summed E-state index contributed by atoms with van der Waals surface area (Å²) in [5, 5.41) is 1.10. The van der Waals surface area contributed by atoms with Gasteiger partial charge in [-0.15, -0.1) is 0 Å². The van der Waals surface area contributed by atoms with E-state index in [0.717, 1.165) is 28.2 Å². The van der Waals surface area contributed by atoms with Crippen LogP contribution in [-0.2, 0) is 0 Å². The standard InChI is InChI=1S/C12H10N2O/c1-8-7-13-12(14-8)11-6-9-4-2-3-5-10(9)15-11/h2-7H,1H3,(H,13,14). The minimum Gasteiger partial charge on any atom is -0.453 e. The zero-order valence-corrected chi connectivity index (χ0v) is 8.32. The Balaban J connectivity index is 2.19. The number of hydrogen-bond acceptors (Lipinski definition) is 2. The molecule has 0 saturated carbocycles. The van der Waals surface area contributed by atoms with Gasteiger partial charge >= 0.3 is 0 Å². The molecule has 2 heterocycles. The van der Waals surface area contributed by atoms with Crippen LogP contribution >= 0.6 is 0 Å². The number of rotatable bonds is 1. The number of benzene rings is 1. The highest BCUT2D eigenvalue weighted by molar-refractivity contribution is 5.81. The van der Waals surface area contributed by atoms with E-state index in [1.807, 2.05) is 37.3 Å². The minimum atomic E-state index is 0.781. The van der Waals surface area contributed by atoms with Gasteiger partial charge in [0.05, 0.1) is 0 Å². The first-order valence-electron chi connectivity index (χ1n) is 4.83. The highest BCUT2D eigenvalue weighted by atomic mass is 16.3. The number of aromatic amines is 1. The Morgan fingerprint density at radius 2 is 2.13 bits per heavy atom. The van der Waals surface area contributed by atoms with Crippen LogP contribution in [0.3, 0.4) is 0 Å². The number of para-hydroxylation sites is 1. The van der Waals surface area contributed by atoms with Crippen LogP contribution in [0, 0.1) is 6.92 Å². The lowest BCUT2D eigenvalue weighted by Gasteiger charge is -1.87. The maximum Gasteiger partial charge on any atom is 0.173 e. The molecule has 3 nitrogen and oxygen atoms in total. The van der Waals surface area contributed by atoms with Crippen LogP contribution in [0.25, 0.3) is 22.6 Å². The molecule has 0 unspecified atom stereocenters. The molecular formula is C12H10N2O. The van der Waals surface area contributed by atoms with Crippen LogP contribution in [0.5, 0.6) is 0 Å². The van der Waals surface area contributed by atoms with Gasteiger partial charge in [-0.05, 0) is 19.1 Å². The Hall–Kier alpha value is -2.03. The average molecular weight is 198 g/mol. The minimum absolute atomic E-state index is 0.781. The van der Waals surface area contributed by atoms with Crippen LogP contribution in [-0.4, -0.2) is 9.97 Å². The molecule has 0 bridgehead atoms. The molecule has 0 atom stereocenters. The van der Waals surface area contributed by atoms with E-state index in [-0.39, 0.29) is 0 Å². The summed E-state index contributed by atoms with van der Waals surface area (Å²) in [7, 11) is 0. The zero-order chi connectivity index (χ0) is 10.3. The lowest BCUT2D eigenvalue weighted by molar-refractivity contribution is 0.626. The molecule has 1 aromatic carbocycles. The molecule has 0 radical (unpaired) electrons. The molecule has 0 fully saturated rings. The van der Waals surface area contributed by atoms with E-state index in [4.69, 9.17) is 4.42 Å². The van der Waals surface area contributed by atoms with Crippen LogP contribution in [0.4, 0.5) is 0 Å². The molecule has 0 aliphatic heterocycles. The number of nitrogens with zero attached hydrogens (tertiary/aromatic N) is 1. The molecule has 2 aromatic heterocycles. The second-order valence-electron chi connectivity index (χ2n) is 3.56. The Kier molecular flexibility index (Phi) is 1.65. The summed E-state index contributed by atoms with van der Waals surface area (Å²) in [4.78, 5) is 7.38. The van der Waals surface area contributed by atoms with Gasteiger partial charge in [0.15, 0.2) is 11.6 Å². The van der Waals surface area contributed by atoms with E-state index in [1.54, 1.807) is 6.20 Å². The maximum absolute atomic E-state index is 5.67. The summed E-state index contributed by atoms with van der Waals surface area (Å²) in [5.41, 5.74) is 1.92. The molecule has 74 valence electrons. The van der Waals surface area contributed by atoms with Gasteiger partial charge in [-0.2, -0.15) is 0 Å². The topological polar surface area (TPSA) is 41.8 Å². The smallest absolute Gasteiger partial charge is 0.173 e. The summed E-state index contributed by atoms with van der Waals surface area (Å²) in [6.45, 7) is 1.97. The molecule has 0 spiro atoms. The summed E-state index contributed by atoms with van der Waals surface area (Å²) in [5.74, 6) is 1.56. The van der Waals surface area contributed by atoms with Crippen molar-refractivity contribution in [1.82, 2.24) is 9.97 Å². The molecular weight excluding hydrogens is 188 g/mol. The first kappa shape index (κ1) is 8.29. The highest BCUT2D eigenvalue weighted by Crippen LogP contribution is 2.25. The molecule has 0 amide bonds. The summed E-state index contributed by atoms with van der Waals surface area (Å²) in [6, 6.07) is 9.93. The van der Waals surface area contributed by atoms with Crippen molar-refractivity contribution in [3.05, 3.63) is 42.2 Å². The number of aromatic nitrogens is 2. The molecule has 0 aliphatic rings. The Morgan fingerprint density at radius 3 is 2.87 bits per heavy atom. The van der Waals surface area contributed by atoms with Crippen molar-refractivity contribution in [3.8, 4) is 11.6 Å². The Bertz CT molecular complexity index is 574. The number of imidazole rings is 1. The van der Waals surface area contributed by atoms with Crippen molar-refractivity contribution in [2.75, 3.05) is 0 Å². The van der Waals surface area contributed by atoms with Crippen molar-refractivity contribution < 1.29 is 4.42 Å². The molecule has 3 aromatic rings. The molecule has 1 N–H and O–H groups in total. The predicted molar refractivity (Wildman–Crippen MR) is 58.5 cm³/mol. The number of aryl methyl sites for hydroxylation is 1. The van der Waals surface area contributed by atoms with Gasteiger partial charge in [-0.3, -0.25) is 0 Å². The fourth-order valence-corrected chi connectivity index (χ4v) is 1.64. The Labute approximate surface area is 86.8 Å². The highest BCUT2D eigenvalue weighted by Gasteiger charge is 2.07. The van der Waals surface area contributed by atoms with Crippen molar-refractivity contribution in [2.45, 2.75) is 6.92 Å². The van der Waals surface area contributed by atoms with Crippen LogP contribution < -0.4 is 0 Å². The third-order valence-corrected chi connectivity index (χ3v) is 2.36. The third kappa shape index (κ3) is 1.32.